The van der Waals surface area contributed by atoms with Crippen LogP contribution in [0.3, 0.4) is 0 Å². The van der Waals surface area contributed by atoms with Gasteiger partial charge in [0.2, 0.25) is 5.82 Å². The molecule has 0 aliphatic carbocycles. The molecule has 7 heteroatoms. The molecular weight excluding hydrogens is 288 g/mol. The molecule has 0 saturated carbocycles. The molecule has 3 N–H and O–H groups in total. The lowest BCUT2D eigenvalue weighted by Gasteiger charge is -2.12. The first-order chi connectivity index (χ1) is 7.40. The van der Waals surface area contributed by atoms with E-state index in [0.29, 0.717) is 0 Å². The van der Waals surface area contributed by atoms with E-state index < -0.39 is 29.2 Å². The van der Waals surface area contributed by atoms with Crippen LogP contribution in [-0.4, -0.2) is 18.2 Å². The lowest BCUT2D eigenvalue weighted by atomic mass is 10.1. The van der Waals surface area contributed by atoms with E-state index in [4.69, 9.17) is 10.8 Å². The van der Waals surface area contributed by atoms with E-state index in [-0.39, 0.29) is 10.2 Å². The zero-order valence-corrected chi connectivity index (χ0v) is 9.72. The van der Waals surface area contributed by atoms with Gasteiger partial charge in [0.25, 0.3) is 0 Å². The fourth-order valence-corrected chi connectivity index (χ4v) is 1.73. The maximum absolute atomic E-state index is 13.4. The van der Waals surface area contributed by atoms with Crippen molar-refractivity contribution < 1.29 is 23.4 Å². The zero-order chi connectivity index (χ0) is 12.5. The third-order valence-electron chi connectivity index (χ3n) is 1.95. The van der Waals surface area contributed by atoms with Crippen molar-refractivity contribution in [2.75, 3.05) is 7.11 Å². The lowest BCUT2D eigenvalue weighted by Crippen LogP contribution is -2.22. The Hall–Kier alpha value is -1.21. The summed E-state index contributed by atoms with van der Waals surface area (Å²) in [5, 5.41) is 8.61. The molecule has 0 aromatic heterocycles. The van der Waals surface area contributed by atoms with Gasteiger partial charge in [-0.15, -0.1) is 0 Å². The predicted octanol–water partition coefficient (Wildman–Crippen LogP) is 1.82. The molecule has 0 bridgehead atoms. The van der Waals surface area contributed by atoms with Crippen molar-refractivity contribution >= 4 is 21.9 Å². The normalized spacial score (nSPS) is 12.3. The second-order valence-electron chi connectivity index (χ2n) is 2.92. The number of methoxy groups -OCH3 is 1. The van der Waals surface area contributed by atoms with Crippen molar-refractivity contribution in [2.24, 2.45) is 5.73 Å². The molecule has 0 spiro atoms. The fourth-order valence-electron chi connectivity index (χ4n) is 1.14. The number of halogens is 3. The monoisotopic (exact) mass is 295 g/mol. The molecule has 1 atom stereocenters. The van der Waals surface area contributed by atoms with E-state index in [1.165, 1.54) is 7.11 Å². The molecule has 0 aliphatic heterocycles. The van der Waals surface area contributed by atoms with Gasteiger partial charge in [-0.2, -0.15) is 4.39 Å². The van der Waals surface area contributed by atoms with E-state index >= 15 is 0 Å². The van der Waals surface area contributed by atoms with E-state index in [1.807, 2.05) is 0 Å². The summed E-state index contributed by atoms with van der Waals surface area (Å²) in [6.07, 6.45) is 0. The molecular formula is C9H8BrF2NO3. The Morgan fingerprint density at radius 1 is 1.56 bits per heavy atom. The molecule has 4 nitrogen and oxygen atoms in total. The van der Waals surface area contributed by atoms with Gasteiger partial charge < -0.3 is 15.6 Å². The fraction of sp³-hybridized carbons (Fsp3) is 0.222. The highest BCUT2D eigenvalue weighted by molar-refractivity contribution is 9.10. The molecule has 0 heterocycles. The number of hydrogen-bond acceptors (Lipinski definition) is 3. The Morgan fingerprint density at radius 3 is 2.56 bits per heavy atom. The molecule has 1 aromatic rings. The van der Waals surface area contributed by atoms with E-state index in [1.54, 1.807) is 0 Å². The Kier molecular flexibility index (Phi) is 3.82. The SMILES string of the molecule is COc1c(Br)cc(C(N)C(=O)O)c(F)c1F. The first kappa shape index (κ1) is 12.9. The van der Waals surface area contributed by atoms with Gasteiger partial charge in [0.05, 0.1) is 11.6 Å². The predicted molar refractivity (Wildman–Crippen MR) is 55.2 cm³/mol. The minimum atomic E-state index is -1.63. The van der Waals surface area contributed by atoms with Gasteiger partial charge in [0.1, 0.15) is 6.04 Å². The summed E-state index contributed by atoms with van der Waals surface area (Å²) in [6.45, 7) is 0. The number of hydrogen-bond donors (Lipinski definition) is 2. The van der Waals surface area contributed by atoms with Crippen molar-refractivity contribution in [1.29, 1.82) is 0 Å². The van der Waals surface area contributed by atoms with Crippen LogP contribution in [0.15, 0.2) is 10.5 Å². The average Bonchev–Trinajstić information content (AvgIpc) is 2.23. The van der Waals surface area contributed by atoms with Gasteiger partial charge in [0.15, 0.2) is 11.6 Å². The Morgan fingerprint density at radius 2 is 2.12 bits per heavy atom. The van der Waals surface area contributed by atoms with Crippen LogP contribution in [0.2, 0.25) is 0 Å². The zero-order valence-electron chi connectivity index (χ0n) is 8.13. The largest absolute Gasteiger partial charge is 0.492 e. The van der Waals surface area contributed by atoms with Crippen LogP contribution in [0.5, 0.6) is 5.75 Å². The number of carboxylic acids is 1. The van der Waals surface area contributed by atoms with Gasteiger partial charge in [-0.3, -0.25) is 4.79 Å². The summed E-state index contributed by atoms with van der Waals surface area (Å²) < 4.78 is 31.5. The molecule has 1 aromatic carbocycles. The summed E-state index contributed by atoms with van der Waals surface area (Å²) in [7, 11) is 1.17. The molecule has 1 rings (SSSR count). The van der Waals surface area contributed by atoms with Crippen molar-refractivity contribution in [3.8, 4) is 5.75 Å². The molecule has 0 fully saturated rings. The van der Waals surface area contributed by atoms with Crippen LogP contribution in [-0.2, 0) is 4.79 Å². The molecule has 0 amide bonds. The van der Waals surface area contributed by atoms with Crippen LogP contribution in [0.1, 0.15) is 11.6 Å². The number of benzene rings is 1. The minimum Gasteiger partial charge on any atom is -0.492 e. The van der Waals surface area contributed by atoms with Gasteiger partial charge >= 0.3 is 5.97 Å². The molecule has 0 aliphatic rings. The molecule has 0 radical (unpaired) electrons. The van der Waals surface area contributed by atoms with Crippen LogP contribution >= 0.6 is 15.9 Å². The maximum Gasteiger partial charge on any atom is 0.325 e. The lowest BCUT2D eigenvalue weighted by molar-refractivity contribution is -0.138. The summed E-state index contributed by atoms with van der Waals surface area (Å²) in [5.41, 5.74) is 4.75. The third-order valence-corrected chi connectivity index (χ3v) is 2.54. The number of rotatable bonds is 3. The molecule has 1 unspecified atom stereocenters. The maximum atomic E-state index is 13.4. The van der Waals surface area contributed by atoms with E-state index in [2.05, 4.69) is 20.7 Å². The average molecular weight is 296 g/mol. The van der Waals surface area contributed by atoms with Crippen molar-refractivity contribution in [3.05, 3.63) is 27.7 Å². The number of ether oxygens (including phenoxy) is 1. The van der Waals surface area contributed by atoms with Crippen molar-refractivity contribution in [2.45, 2.75) is 6.04 Å². The topological polar surface area (TPSA) is 72.5 Å². The first-order valence-electron chi connectivity index (χ1n) is 4.10. The highest BCUT2D eigenvalue weighted by Gasteiger charge is 2.25. The smallest absolute Gasteiger partial charge is 0.325 e. The van der Waals surface area contributed by atoms with Crippen molar-refractivity contribution in [1.82, 2.24) is 0 Å². The minimum absolute atomic E-state index is 0.0978. The second kappa shape index (κ2) is 4.75. The number of carboxylic acid groups (broad SMARTS) is 1. The molecule has 16 heavy (non-hydrogen) atoms. The Balaban J connectivity index is 3.39. The van der Waals surface area contributed by atoms with Gasteiger partial charge in [-0.25, -0.2) is 4.39 Å². The highest BCUT2D eigenvalue weighted by Crippen LogP contribution is 2.33. The van der Waals surface area contributed by atoms with Crippen LogP contribution < -0.4 is 10.5 Å². The number of nitrogens with two attached hydrogens (primary N) is 1. The van der Waals surface area contributed by atoms with E-state index in [9.17, 15) is 13.6 Å². The summed E-state index contributed by atoms with van der Waals surface area (Å²) >= 11 is 2.93. The molecule has 88 valence electrons. The Labute approximate surface area is 98.1 Å². The Bertz CT molecular complexity index is 439. The third kappa shape index (κ3) is 2.14. The van der Waals surface area contributed by atoms with Crippen molar-refractivity contribution in [3.63, 3.8) is 0 Å². The first-order valence-corrected chi connectivity index (χ1v) is 4.89. The molecule has 0 saturated heterocycles. The van der Waals surface area contributed by atoms with E-state index in [0.717, 1.165) is 6.07 Å². The highest BCUT2D eigenvalue weighted by atomic mass is 79.9. The van der Waals surface area contributed by atoms with Crippen LogP contribution in [0.4, 0.5) is 8.78 Å². The standard InChI is InChI=1S/C9H8BrF2NO3/c1-16-8-4(10)2-3(5(11)6(8)12)7(13)9(14)15/h2,7H,13H2,1H3,(H,14,15). The summed E-state index contributed by atoms with van der Waals surface area (Å²) in [6, 6.07) is -0.549. The number of aliphatic carboxylic acids is 1. The summed E-state index contributed by atoms with van der Waals surface area (Å²) in [4.78, 5) is 10.6. The summed E-state index contributed by atoms with van der Waals surface area (Å²) in [5.74, 6) is -4.38. The van der Waals surface area contributed by atoms with Crippen LogP contribution in [0, 0.1) is 11.6 Å². The van der Waals surface area contributed by atoms with Gasteiger partial charge in [0, 0.05) is 5.56 Å². The second-order valence-corrected chi connectivity index (χ2v) is 3.78. The number of carbonyl (C=O) groups is 1. The van der Waals surface area contributed by atoms with Crippen LogP contribution in [0.25, 0.3) is 0 Å². The van der Waals surface area contributed by atoms with Gasteiger partial charge in [-0.1, -0.05) is 0 Å². The van der Waals surface area contributed by atoms with Gasteiger partial charge in [-0.05, 0) is 22.0 Å². The quantitative estimate of drug-likeness (QED) is 0.835.